The van der Waals surface area contributed by atoms with Crippen LogP contribution in [0.3, 0.4) is 0 Å². The van der Waals surface area contributed by atoms with Gasteiger partial charge in [0.05, 0.1) is 5.75 Å². The van der Waals surface area contributed by atoms with E-state index in [0.29, 0.717) is 23.9 Å². The molecule has 2 aliphatic rings. The molecule has 2 aromatic rings. The molecular formula is C22H27N5O3S. The summed E-state index contributed by atoms with van der Waals surface area (Å²) < 4.78 is 1.91. The van der Waals surface area contributed by atoms with Crippen LogP contribution in [0.4, 0.5) is 4.79 Å². The second-order valence-electron chi connectivity index (χ2n) is 8.51. The lowest BCUT2D eigenvalue weighted by Gasteiger charge is -2.33. The Morgan fingerprint density at radius 3 is 2.71 bits per heavy atom. The van der Waals surface area contributed by atoms with Crippen molar-refractivity contribution < 1.29 is 14.4 Å². The molecule has 1 spiro atoms. The van der Waals surface area contributed by atoms with Gasteiger partial charge in [0.1, 0.15) is 5.54 Å². The summed E-state index contributed by atoms with van der Waals surface area (Å²) in [6, 6.07) is 5.56. The molecule has 4 rings (SSSR count). The van der Waals surface area contributed by atoms with Crippen molar-refractivity contribution in [2.75, 3.05) is 5.75 Å². The third-order valence-corrected chi connectivity index (χ3v) is 7.20. The molecule has 4 amide bonds. The normalized spacial score (nSPS) is 23.3. The Morgan fingerprint density at radius 1 is 1.26 bits per heavy atom. The lowest BCUT2D eigenvalue weighted by molar-refractivity contribution is -0.139. The average Bonchev–Trinajstić information content (AvgIpc) is 3.30. The van der Waals surface area contributed by atoms with Crippen molar-refractivity contribution >= 4 is 29.6 Å². The SMILES string of the molecule is Cc1ccc(-n2ccnc2SCC(=O)NN2C(=O)NC3(CCC(C)CC3)C2=O)cc1C. The van der Waals surface area contributed by atoms with Gasteiger partial charge in [-0.1, -0.05) is 24.8 Å². The molecule has 1 saturated carbocycles. The van der Waals surface area contributed by atoms with E-state index in [0.717, 1.165) is 23.5 Å². The van der Waals surface area contributed by atoms with E-state index in [9.17, 15) is 14.4 Å². The number of benzene rings is 1. The zero-order chi connectivity index (χ0) is 22.2. The minimum atomic E-state index is -0.871. The molecule has 1 saturated heterocycles. The molecule has 164 valence electrons. The summed E-state index contributed by atoms with van der Waals surface area (Å²) in [4.78, 5) is 42.1. The van der Waals surface area contributed by atoms with Crippen LogP contribution in [0.5, 0.6) is 0 Å². The number of thioether (sulfide) groups is 1. The average molecular weight is 442 g/mol. The molecule has 0 bridgehead atoms. The molecule has 0 atom stereocenters. The lowest BCUT2D eigenvalue weighted by Crippen LogP contribution is -2.51. The van der Waals surface area contributed by atoms with Crippen molar-refractivity contribution in [2.24, 2.45) is 5.92 Å². The van der Waals surface area contributed by atoms with Crippen LogP contribution < -0.4 is 10.7 Å². The smallest absolute Gasteiger partial charge is 0.322 e. The maximum absolute atomic E-state index is 12.9. The molecule has 8 nitrogen and oxygen atoms in total. The van der Waals surface area contributed by atoms with Crippen molar-refractivity contribution in [3.8, 4) is 5.69 Å². The third-order valence-electron chi connectivity index (χ3n) is 6.23. The number of urea groups is 1. The summed E-state index contributed by atoms with van der Waals surface area (Å²) >= 11 is 1.25. The fraction of sp³-hybridized carbons (Fsp3) is 0.455. The van der Waals surface area contributed by atoms with Crippen LogP contribution in [0, 0.1) is 19.8 Å². The first-order valence-electron chi connectivity index (χ1n) is 10.5. The number of carbonyl (C=O) groups excluding carboxylic acids is 3. The van der Waals surface area contributed by atoms with Crippen LogP contribution in [-0.2, 0) is 9.59 Å². The van der Waals surface area contributed by atoms with E-state index in [2.05, 4.69) is 35.6 Å². The highest BCUT2D eigenvalue weighted by atomic mass is 32.2. The van der Waals surface area contributed by atoms with Gasteiger partial charge in [-0.3, -0.25) is 19.6 Å². The molecule has 1 aliphatic heterocycles. The molecule has 2 fully saturated rings. The number of aromatic nitrogens is 2. The lowest BCUT2D eigenvalue weighted by atomic mass is 9.77. The minimum Gasteiger partial charge on any atom is -0.322 e. The molecule has 1 aromatic carbocycles. The quantitative estimate of drug-likeness (QED) is 0.549. The first-order valence-corrected chi connectivity index (χ1v) is 11.5. The maximum Gasteiger partial charge on any atom is 0.344 e. The van der Waals surface area contributed by atoms with Gasteiger partial charge in [-0.2, -0.15) is 5.01 Å². The maximum atomic E-state index is 12.9. The molecule has 0 radical (unpaired) electrons. The predicted octanol–water partition coefficient (Wildman–Crippen LogP) is 3.11. The highest BCUT2D eigenvalue weighted by molar-refractivity contribution is 7.99. The molecule has 2 N–H and O–H groups in total. The Morgan fingerprint density at radius 2 is 2.00 bits per heavy atom. The van der Waals surface area contributed by atoms with Crippen LogP contribution >= 0.6 is 11.8 Å². The van der Waals surface area contributed by atoms with Gasteiger partial charge in [0, 0.05) is 18.1 Å². The minimum absolute atomic E-state index is 0.0307. The molecule has 2 heterocycles. The Kier molecular flexibility index (Phi) is 5.79. The molecule has 9 heteroatoms. The monoisotopic (exact) mass is 441 g/mol. The zero-order valence-electron chi connectivity index (χ0n) is 18.0. The van der Waals surface area contributed by atoms with Crippen molar-refractivity contribution in [1.29, 1.82) is 0 Å². The number of rotatable bonds is 5. The van der Waals surface area contributed by atoms with E-state index in [4.69, 9.17) is 0 Å². The van der Waals surface area contributed by atoms with Gasteiger partial charge in [0.15, 0.2) is 5.16 Å². The summed E-state index contributed by atoms with van der Waals surface area (Å²) in [6.45, 7) is 6.25. The number of hydrogen-bond donors (Lipinski definition) is 2. The Bertz CT molecular complexity index is 1030. The molecular weight excluding hydrogens is 414 g/mol. The van der Waals surface area contributed by atoms with Crippen LogP contribution in [-0.4, -0.2) is 43.7 Å². The Balaban J connectivity index is 1.38. The summed E-state index contributed by atoms with van der Waals surface area (Å²) in [7, 11) is 0. The van der Waals surface area contributed by atoms with E-state index in [1.807, 2.05) is 29.8 Å². The zero-order valence-corrected chi connectivity index (χ0v) is 18.8. The summed E-state index contributed by atoms with van der Waals surface area (Å²) in [6.07, 6.45) is 6.49. The van der Waals surface area contributed by atoms with Gasteiger partial charge in [-0.15, -0.1) is 0 Å². The van der Waals surface area contributed by atoms with Crippen LogP contribution in [0.25, 0.3) is 5.69 Å². The largest absolute Gasteiger partial charge is 0.344 e. The standard InChI is InChI=1S/C22H27N5O3S/c1-14-6-8-22(9-7-14)19(29)27(20(30)24-22)25-18(28)13-31-21-23-10-11-26(21)17-5-4-15(2)16(3)12-17/h4-5,10-12,14H,6-9,13H2,1-3H3,(H,24,30)(H,25,28). The van der Waals surface area contributed by atoms with Crippen molar-refractivity contribution in [3.63, 3.8) is 0 Å². The summed E-state index contributed by atoms with van der Waals surface area (Å²) in [5.74, 6) is -0.219. The van der Waals surface area contributed by atoms with Gasteiger partial charge in [-0.05, 0) is 68.7 Å². The van der Waals surface area contributed by atoms with Crippen molar-refractivity contribution in [1.82, 2.24) is 25.3 Å². The summed E-state index contributed by atoms with van der Waals surface area (Å²) in [5, 5.41) is 4.31. The fourth-order valence-electron chi connectivity index (χ4n) is 4.07. The van der Waals surface area contributed by atoms with Gasteiger partial charge < -0.3 is 5.32 Å². The van der Waals surface area contributed by atoms with E-state index in [-0.39, 0.29) is 11.7 Å². The highest BCUT2D eigenvalue weighted by Gasteiger charge is 2.52. The number of nitrogens with one attached hydrogen (secondary N) is 2. The number of hydrazine groups is 1. The second kappa shape index (κ2) is 8.37. The molecule has 31 heavy (non-hydrogen) atoms. The number of amides is 4. The van der Waals surface area contributed by atoms with Gasteiger partial charge in [0.2, 0.25) is 5.91 Å². The third kappa shape index (κ3) is 4.19. The van der Waals surface area contributed by atoms with Gasteiger partial charge in [-0.25, -0.2) is 9.78 Å². The number of nitrogens with zero attached hydrogens (tertiary/aromatic N) is 3. The van der Waals surface area contributed by atoms with E-state index in [1.54, 1.807) is 6.20 Å². The van der Waals surface area contributed by atoms with Crippen LogP contribution in [0.2, 0.25) is 0 Å². The topological polar surface area (TPSA) is 96.3 Å². The number of aryl methyl sites for hydroxylation is 2. The van der Waals surface area contributed by atoms with Gasteiger partial charge >= 0.3 is 6.03 Å². The van der Waals surface area contributed by atoms with Crippen molar-refractivity contribution in [3.05, 3.63) is 41.7 Å². The van der Waals surface area contributed by atoms with Gasteiger partial charge in [0.25, 0.3) is 5.91 Å². The predicted molar refractivity (Wildman–Crippen MR) is 118 cm³/mol. The van der Waals surface area contributed by atoms with Crippen molar-refractivity contribution in [2.45, 2.75) is 57.1 Å². The van der Waals surface area contributed by atoms with Crippen LogP contribution in [0.1, 0.15) is 43.7 Å². The number of imidazole rings is 1. The second-order valence-corrected chi connectivity index (χ2v) is 9.45. The van der Waals surface area contributed by atoms with E-state index < -0.39 is 17.5 Å². The number of hydrogen-bond acceptors (Lipinski definition) is 5. The molecule has 0 unspecified atom stereocenters. The fourth-order valence-corrected chi connectivity index (χ4v) is 4.84. The Hall–Kier alpha value is -2.81. The van der Waals surface area contributed by atoms with Crippen LogP contribution in [0.15, 0.2) is 35.7 Å². The highest BCUT2D eigenvalue weighted by Crippen LogP contribution is 2.35. The first-order chi connectivity index (χ1) is 14.8. The molecule has 1 aromatic heterocycles. The molecule has 1 aliphatic carbocycles. The van der Waals surface area contributed by atoms with E-state index >= 15 is 0 Å². The first kappa shape index (κ1) is 21.4. The number of imide groups is 1. The summed E-state index contributed by atoms with van der Waals surface area (Å²) in [5.41, 5.74) is 4.94. The van der Waals surface area contributed by atoms with E-state index in [1.165, 1.54) is 22.9 Å². The number of carbonyl (C=O) groups is 3. The Labute approximate surface area is 185 Å².